The Morgan fingerprint density at radius 1 is 1.35 bits per heavy atom. The maximum absolute atomic E-state index is 6.29. The summed E-state index contributed by atoms with van der Waals surface area (Å²) in [5.41, 5.74) is 10.7. The highest BCUT2D eigenvalue weighted by molar-refractivity contribution is 7.16. The van der Waals surface area contributed by atoms with Crippen molar-refractivity contribution in [1.82, 2.24) is 10.3 Å². The Balaban J connectivity index is 1.72. The van der Waals surface area contributed by atoms with Gasteiger partial charge in [-0.05, 0) is 39.2 Å². The quantitative estimate of drug-likeness (QED) is 0.781. The molecule has 1 aromatic rings. The number of thiophene rings is 1. The van der Waals surface area contributed by atoms with Crippen LogP contribution < -0.4 is 11.1 Å². The van der Waals surface area contributed by atoms with Gasteiger partial charge in [0.2, 0.25) is 0 Å². The molecule has 1 aromatic heterocycles. The molecule has 1 fully saturated rings. The first-order valence-electron chi connectivity index (χ1n) is 7.44. The van der Waals surface area contributed by atoms with Crippen LogP contribution in [0.4, 0.5) is 5.00 Å². The van der Waals surface area contributed by atoms with Crippen LogP contribution in [0.3, 0.4) is 0 Å². The van der Waals surface area contributed by atoms with E-state index in [4.69, 9.17) is 10.8 Å². The van der Waals surface area contributed by atoms with Gasteiger partial charge in [-0.15, -0.1) is 11.3 Å². The van der Waals surface area contributed by atoms with E-state index in [1.54, 1.807) is 11.3 Å². The number of hydrogen-bond donors (Lipinski definition) is 2. The van der Waals surface area contributed by atoms with Gasteiger partial charge in [0.25, 0.3) is 0 Å². The number of hydrazone groups is 1. The molecule has 4 nitrogen and oxygen atoms in total. The third kappa shape index (κ3) is 1.79. The minimum absolute atomic E-state index is 0.105. The Morgan fingerprint density at radius 3 is 2.75 bits per heavy atom. The lowest BCUT2D eigenvalue weighted by Crippen LogP contribution is -2.36. The second-order valence-corrected chi connectivity index (χ2v) is 8.16. The molecule has 1 aliphatic carbocycles. The van der Waals surface area contributed by atoms with Gasteiger partial charge in [-0.2, -0.15) is 5.10 Å². The van der Waals surface area contributed by atoms with Crippen LogP contribution in [0.15, 0.2) is 5.10 Å². The first-order valence-corrected chi connectivity index (χ1v) is 8.26. The summed E-state index contributed by atoms with van der Waals surface area (Å²) in [6.45, 7) is 8.81. The van der Waals surface area contributed by atoms with Crippen molar-refractivity contribution in [1.29, 1.82) is 0 Å². The molecule has 0 radical (unpaired) electrons. The minimum Gasteiger partial charge on any atom is -0.390 e. The van der Waals surface area contributed by atoms with Crippen molar-refractivity contribution in [2.45, 2.75) is 51.1 Å². The van der Waals surface area contributed by atoms with Crippen molar-refractivity contribution in [3.8, 4) is 0 Å². The molecule has 2 aliphatic heterocycles. The number of hydrogen-bond acceptors (Lipinski definition) is 5. The third-order valence-corrected chi connectivity index (χ3v) is 5.78. The van der Waals surface area contributed by atoms with E-state index in [-0.39, 0.29) is 5.54 Å². The van der Waals surface area contributed by atoms with Crippen molar-refractivity contribution in [2.24, 2.45) is 5.10 Å². The molecule has 0 bridgehead atoms. The summed E-state index contributed by atoms with van der Waals surface area (Å²) in [5, 5.41) is 11.6. The molecule has 0 saturated carbocycles. The lowest BCUT2D eigenvalue weighted by molar-refractivity contribution is 0.156. The summed E-state index contributed by atoms with van der Waals surface area (Å²) in [5.74, 6) is 0.484. The standard InChI is InChI=1S/C15H22N4S/c1-15(2,3)19-7-9-10(18-19)5-4-8-12(11-6-17-11)14(16)20-13(8)9/h9,11,17H,4-7,16H2,1-3H3. The smallest absolute Gasteiger partial charge is 0.0911 e. The highest BCUT2D eigenvalue weighted by Gasteiger charge is 2.41. The average molecular weight is 290 g/mol. The molecule has 20 heavy (non-hydrogen) atoms. The molecule has 3 aliphatic rings. The van der Waals surface area contributed by atoms with Crippen molar-refractivity contribution in [3.05, 3.63) is 16.0 Å². The van der Waals surface area contributed by atoms with Crippen LogP contribution in [0.25, 0.3) is 0 Å². The Kier molecular flexibility index (Phi) is 2.52. The van der Waals surface area contributed by atoms with Crippen molar-refractivity contribution in [3.63, 3.8) is 0 Å². The molecule has 3 N–H and O–H groups in total. The Hall–Kier alpha value is -1.07. The van der Waals surface area contributed by atoms with Gasteiger partial charge in [0.05, 0.1) is 10.9 Å². The fourth-order valence-electron chi connectivity index (χ4n) is 3.38. The number of anilines is 1. The number of rotatable bonds is 1. The first-order chi connectivity index (χ1) is 9.45. The van der Waals surface area contributed by atoms with Gasteiger partial charge in [0, 0.05) is 40.8 Å². The fraction of sp³-hybridized carbons (Fsp3) is 0.667. The van der Waals surface area contributed by atoms with Crippen LogP contribution in [-0.4, -0.2) is 29.3 Å². The molecule has 108 valence electrons. The molecule has 2 unspecified atom stereocenters. The van der Waals surface area contributed by atoms with Crippen molar-refractivity contribution < 1.29 is 0 Å². The average Bonchev–Trinajstić information content (AvgIpc) is 2.98. The first kappa shape index (κ1) is 12.7. The van der Waals surface area contributed by atoms with Gasteiger partial charge in [-0.25, -0.2) is 0 Å². The Morgan fingerprint density at radius 2 is 2.10 bits per heavy atom. The summed E-state index contributed by atoms with van der Waals surface area (Å²) in [6.07, 6.45) is 2.21. The minimum atomic E-state index is 0.105. The summed E-state index contributed by atoms with van der Waals surface area (Å²) in [7, 11) is 0. The van der Waals surface area contributed by atoms with Gasteiger partial charge in [-0.3, -0.25) is 5.01 Å². The molecule has 5 heteroatoms. The van der Waals surface area contributed by atoms with Crippen molar-refractivity contribution in [2.75, 3.05) is 18.8 Å². The van der Waals surface area contributed by atoms with Gasteiger partial charge >= 0.3 is 0 Å². The molecule has 1 saturated heterocycles. The zero-order chi connectivity index (χ0) is 14.1. The summed E-state index contributed by atoms with van der Waals surface area (Å²) < 4.78 is 0. The van der Waals surface area contributed by atoms with Crippen LogP contribution >= 0.6 is 11.3 Å². The molecule has 2 atom stereocenters. The lowest BCUT2D eigenvalue weighted by Gasteiger charge is -2.30. The number of fused-ring (bicyclic) bond motifs is 3. The highest BCUT2D eigenvalue weighted by atomic mass is 32.1. The van der Waals surface area contributed by atoms with E-state index >= 15 is 0 Å². The largest absolute Gasteiger partial charge is 0.390 e. The highest BCUT2D eigenvalue weighted by Crippen LogP contribution is 2.47. The Bertz CT molecular complexity index is 592. The van der Waals surface area contributed by atoms with Gasteiger partial charge < -0.3 is 11.1 Å². The van der Waals surface area contributed by atoms with Gasteiger partial charge in [0.15, 0.2) is 0 Å². The van der Waals surface area contributed by atoms with Crippen LogP contribution in [0.1, 0.15) is 55.2 Å². The normalized spacial score (nSPS) is 28.1. The van der Waals surface area contributed by atoms with E-state index in [0.29, 0.717) is 12.0 Å². The second kappa shape index (κ2) is 3.98. The van der Waals surface area contributed by atoms with Crippen LogP contribution in [0, 0.1) is 0 Å². The van der Waals surface area contributed by atoms with Crippen molar-refractivity contribution >= 4 is 22.0 Å². The second-order valence-electron chi connectivity index (χ2n) is 7.08. The van der Waals surface area contributed by atoms with E-state index in [1.165, 1.54) is 21.7 Å². The van der Waals surface area contributed by atoms with E-state index in [9.17, 15) is 0 Å². The molecule has 3 heterocycles. The van der Waals surface area contributed by atoms with E-state index < -0.39 is 0 Å². The molecule has 0 amide bonds. The van der Waals surface area contributed by atoms with Crippen LogP contribution in [0.5, 0.6) is 0 Å². The van der Waals surface area contributed by atoms with E-state index in [1.807, 2.05) is 0 Å². The zero-order valence-electron chi connectivity index (χ0n) is 12.4. The summed E-state index contributed by atoms with van der Waals surface area (Å²) in [4.78, 5) is 1.49. The summed E-state index contributed by atoms with van der Waals surface area (Å²) >= 11 is 1.80. The van der Waals surface area contributed by atoms with E-state index in [0.717, 1.165) is 30.9 Å². The summed E-state index contributed by atoms with van der Waals surface area (Å²) in [6, 6.07) is 0.522. The molecular formula is C15H22N4S. The fourth-order valence-corrected chi connectivity index (χ4v) is 4.68. The number of nitrogens with two attached hydrogens (primary N) is 1. The SMILES string of the molecule is CC(C)(C)N1CC2C(=N1)CCc1c2sc(N)c1C1CN1. The van der Waals surface area contributed by atoms with E-state index in [2.05, 4.69) is 31.1 Å². The zero-order valence-corrected chi connectivity index (χ0v) is 13.2. The molecular weight excluding hydrogens is 268 g/mol. The maximum atomic E-state index is 6.29. The number of nitrogens with zero attached hydrogens (tertiary/aromatic N) is 2. The maximum Gasteiger partial charge on any atom is 0.0911 e. The molecule has 0 spiro atoms. The number of nitrogens with one attached hydrogen (secondary N) is 1. The monoisotopic (exact) mass is 290 g/mol. The van der Waals surface area contributed by atoms with Gasteiger partial charge in [0.1, 0.15) is 0 Å². The Labute approximate surface area is 124 Å². The third-order valence-electron chi connectivity index (χ3n) is 4.59. The van der Waals surface area contributed by atoms with Gasteiger partial charge in [-0.1, -0.05) is 0 Å². The van der Waals surface area contributed by atoms with Crippen LogP contribution in [0.2, 0.25) is 0 Å². The molecule has 0 aromatic carbocycles. The predicted molar refractivity (Wildman–Crippen MR) is 84.4 cm³/mol. The predicted octanol–water partition coefficient (Wildman–Crippen LogP) is 2.47. The van der Waals surface area contributed by atoms with Crippen LogP contribution in [-0.2, 0) is 6.42 Å². The molecule has 4 rings (SSSR count). The topological polar surface area (TPSA) is 63.6 Å². The lowest BCUT2D eigenvalue weighted by atomic mass is 9.85. The number of nitrogen functional groups attached to an aromatic ring is 1.